The zero-order valence-corrected chi connectivity index (χ0v) is 29.8. The van der Waals surface area contributed by atoms with Crippen molar-refractivity contribution in [2.75, 3.05) is 13.7 Å². The molecule has 1 aliphatic heterocycles. The second-order valence-electron chi connectivity index (χ2n) is 10.9. The van der Waals surface area contributed by atoms with E-state index in [0.717, 1.165) is 11.3 Å². The number of ether oxygens (including phenoxy) is 4. The van der Waals surface area contributed by atoms with Gasteiger partial charge in [0.05, 0.1) is 51.1 Å². The van der Waals surface area contributed by atoms with Crippen molar-refractivity contribution in [3.05, 3.63) is 122 Å². The molecule has 0 N–H and O–H groups in total. The highest BCUT2D eigenvalue weighted by Gasteiger charge is 2.34. The van der Waals surface area contributed by atoms with Gasteiger partial charge in [0.2, 0.25) is 5.75 Å². The van der Waals surface area contributed by atoms with Crippen LogP contribution in [0, 0.1) is 10.1 Å². The molecule has 3 aromatic carbocycles. The Kier molecular flexibility index (Phi) is 10.7. The van der Waals surface area contributed by atoms with Gasteiger partial charge in [-0.1, -0.05) is 47.2 Å². The zero-order chi connectivity index (χ0) is 34.7. The van der Waals surface area contributed by atoms with Crippen LogP contribution in [-0.2, 0) is 16.1 Å². The fraction of sp³-hybridized carbons (Fsp3) is 0.265. The van der Waals surface area contributed by atoms with E-state index >= 15 is 0 Å². The average molecular weight is 757 g/mol. The first-order valence-corrected chi connectivity index (χ1v) is 16.8. The molecule has 1 aromatic heterocycles. The van der Waals surface area contributed by atoms with Crippen molar-refractivity contribution in [2.45, 2.75) is 46.4 Å². The predicted molar refractivity (Wildman–Crippen MR) is 186 cm³/mol. The molecule has 11 nitrogen and oxygen atoms in total. The molecular formula is C34H31BrClN3O8S. The number of rotatable bonds is 11. The van der Waals surface area contributed by atoms with Crippen LogP contribution < -0.4 is 29.1 Å². The second-order valence-corrected chi connectivity index (χ2v) is 13.1. The van der Waals surface area contributed by atoms with Gasteiger partial charge < -0.3 is 18.9 Å². The van der Waals surface area contributed by atoms with Crippen LogP contribution in [0.3, 0.4) is 0 Å². The summed E-state index contributed by atoms with van der Waals surface area (Å²) < 4.78 is 24.7. The largest absolute Gasteiger partial charge is 0.493 e. The summed E-state index contributed by atoms with van der Waals surface area (Å²) in [6.45, 7) is 7.31. The number of thiazole rings is 1. The van der Waals surface area contributed by atoms with Crippen molar-refractivity contribution in [1.82, 2.24) is 4.57 Å². The molecule has 48 heavy (non-hydrogen) atoms. The Bertz CT molecular complexity index is 2130. The van der Waals surface area contributed by atoms with Crippen molar-refractivity contribution in [3.8, 4) is 17.2 Å². The Hall–Kier alpha value is -4.46. The van der Waals surface area contributed by atoms with E-state index in [9.17, 15) is 19.7 Å². The molecule has 250 valence electrons. The Morgan fingerprint density at radius 2 is 1.94 bits per heavy atom. The van der Waals surface area contributed by atoms with Gasteiger partial charge in [0.1, 0.15) is 6.61 Å². The number of nitrogens with zero attached hydrogens (tertiary/aromatic N) is 3. The van der Waals surface area contributed by atoms with Gasteiger partial charge >= 0.3 is 11.7 Å². The fourth-order valence-electron chi connectivity index (χ4n) is 5.19. The number of hydrogen-bond donors (Lipinski definition) is 0. The van der Waals surface area contributed by atoms with Crippen molar-refractivity contribution < 1.29 is 28.7 Å². The maximum absolute atomic E-state index is 14.1. The number of allylic oxidation sites excluding steroid dienone is 1. The summed E-state index contributed by atoms with van der Waals surface area (Å²) in [6, 6.07) is 14.3. The number of esters is 1. The van der Waals surface area contributed by atoms with Crippen LogP contribution in [0.5, 0.6) is 17.2 Å². The second kappa shape index (κ2) is 14.8. The molecule has 2 heterocycles. The number of carbonyl (C=O) groups excluding carboxylic acids is 1. The van der Waals surface area contributed by atoms with Crippen LogP contribution in [0.2, 0.25) is 5.02 Å². The number of carbonyl (C=O) groups is 1. The smallest absolute Gasteiger partial charge is 0.338 e. The molecule has 0 radical (unpaired) electrons. The van der Waals surface area contributed by atoms with Crippen LogP contribution in [0.25, 0.3) is 6.08 Å². The third-order valence-corrected chi connectivity index (χ3v) is 9.19. The van der Waals surface area contributed by atoms with E-state index in [1.807, 2.05) is 13.8 Å². The highest BCUT2D eigenvalue weighted by Crippen LogP contribution is 2.38. The Morgan fingerprint density at radius 1 is 1.19 bits per heavy atom. The number of aromatic nitrogens is 1. The van der Waals surface area contributed by atoms with E-state index in [1.54, 1.807) is 68.5 Å². The maximum atomic E-state index is 14.1. The Labute approximate surface area is 293 Å². The molecular weight excluding hydrogens is 726 g/mol. The normalized spacial score (nSPS) is 14.4. The minimum absolute atomic E-state index is 0.00850. The third kappa shape index (κ3) is 7.18. The summed E-state index contributed by atoms with van der Waals surface area (Å²) in [6.07, 6.45) is 1.43. The van der Waals surface area contributed by atoms with Crippen LogP contribution >= 0.6 is 38.9 Å². The monoisotopic (exact) mass is 755 g/mol. The lowest BCUT2D eigenvalue weighted by Gasteiger charge is -2.25. The number of halogens is 2. The zero-order valence-electron chi connectivity index (χ0n) is 26.6. The summed E-state index contributed by atoms with van der Waals surface area (Å²) in [5.74, 6) is 0.349. The lowest BCUT2D eigenvalue weighted by molar-refractivity contribution is -0.386. The molecule has 0 spiro atoms. The lowest BCUT2D eigenvalue weighted by atomic mass is 9.95. The number of nitro groups is 1. The summed E-state index contributed by atoms with van der Waals surface area (Å²) in [4.78, 5) is 44.0. The van der Waals surface area contributed by atoms with Gasteiger partial charge in [0.15, 0.2) is 16.3 Å². The molecule has 0 unspecified atom stereocenters. The predicted octanol–water partition coefficient (Wildman–Crippen LogP) is 6.50. The number of methoxy groups -OCH3 is 1. The van der Waals surface area contributed by atoms with Gasteiger partial charge in [-0.15, -0.1) is 0 Å². The van der Waals surface area contributed by atoms with Crippen molar-refractivity contribution in [2.24, 2.45) is 4.99 Å². The number of benzene rings is 3. The molecule has 0 saturated heterocycles. The topological polar surface area (TPSA) is 131 Å². The van der Waals surface area contributed by atoms with E-state index in [2.05, 4.69) is 20.9 Å². The van der Waals surface area contributed by atoms with E-state index < -0.39 is 22.5 Å². The van der Waals surface area contributed by atoms with Gasteiger partial charge in [-0.2, -0.15) is 0 Å². The van der Waals surface area contributed by atoms with Crippen molar-refractivity contribution in [3.63, 3.8) is 0 Å². The van der Waals surface area contributed by atoms with E-state index in [-0.39, 0.29) is 40.9 Å². The van der Waals surface area contributed by atoms with E-state index in [4.69, 9.17) is 30.5 Å². The van der Waals surface area contributed by atoms with Crippen LogP contribution in [-0.4, -0.2) is 35.3 Å². The molecule has 14 heteroatoms. The van der Waals surface area contributed by atoms with Gasteiger partial charge in [0.25, 0.3) is 5.56 Å². The minimum Gasteiger partial charge on any atom is -0.493 e. The molecule has 0 aliphatic carbocycles. The summed E-state index contributed by atoms with van der Waals surface area (Å²) >= 11 is 10.7. The molecule has 0 fully saturated rings. The third-order valence-electron chi connectivity index (χ3n) is 7.25. The number of nitro benzene ring substituents is 1. The SMILES string of the molecule is CCOC(=O)C1=C(C)N=c2s/c(=C/c3cc(Br)c(OCc4ccccc4Cl)c([N+](=O)[O-])c3)c(=O)n2[C@@H]1c1ccc(OC(C)C)c(OC)c1. The summed E-state index contributed by atoms with van der Waals surface area (Å²) in [5.41, 5.74) is 1.46. The first-order chi connectivity index (χ1) is 22.9. The maximum Gasteiger partial charge on any atom is 0.338 e. The van der Waals surface area contributed by atoms with Crippen LogP contribution in [0.1, 0.15) is 50.4 Å². The highest BCUT2D eigenvalue weighted by atomic mass is 79.9. The van der Waals surface area contributed by atoms with Crippen LogP contribution in [0.15, 0.2) is 80.1 Å². The van der Waals surface area contributed by atoms with Gasteiger partial charge in [0, 0.05) is 16.7 Å². The lowest BCUT2D eigenvalue weighted by Crippen LogP contribution is -2.40. The molecule has 4 aromatic rings. The molecule has 1 aliphatic rings. The summed E-state index contributed by atoms with van der Waals surface area (Å²) in [7, 11) is 1.51. The van der Waals surface area contributed by atoms with E-state index in [0.29, 0.717) is 48.2 Å². The van der Waals surface area contributed by atoms with E-state index in [1.165, 1.54) is 17.7 Å². The molecule has 0 bridgehead atoms. The summed E-state index contributed by atoms with van der Waals surface area (Å²) in [5, 5.41) is 12.6. The van der Waals surface area contributed by atoms with Gasteiger partial charge in [-0.3, -0.25) is 19.5 Å². The number of fused-ring (bicyclic) bond motifs is 1. The van der Waals surface area contributed by atoms with Crippen LogP contribution in [0.4, 0.5) is 5.69 Å². The molecule has 1 atom stereocenters. The molecule has 0 saturated carbocycles. The molecule has 5 rings (SSSR count). The first-order valence-electron chi connectivity index (χ1n) is 14.8. The molecule has 0 amide bonds. The standard InChI is InChI=1S/C34H31BrClN3O8S/c1-6-45-33(41)29-19(4)37-34-38(30(29)21-11-12-26(47-18(2)3)27(16-21)44-5)32(40)28(48-34)15-20-13-23(35)31(25(14-20)39(42)43)46-17-22-9-7-8-10-24(22)36/h7-16,18,30H,6,17H2,1-5H3/b28-15+/t30-/m1/s1. The van der Waals surface area contributed by atoms with Crippen molar-refractivity contribution in [1.29, 1.82) is 0 Å². The van der Waals surface area contributed by atoms with Gasteiger partial charge in [-0.05, 0) is 85.1 Å². The Morgan fingerprint density at radius 3 is 2.60 bits per heavy atom. The quantitative estimate of drug-likeness (QED) is 0.0964. The highest BCUT2D eigenvalue weighted by molar-refractivity contribution is 9.10. The van der Waals surface area contributed by atoms with Crippen molar-refractivity contribution >= 4 is 56.6 Å². The van der Waals surface area contributed by atoms with Gasteiger partial charge in [-0.25, -0.2) is 9.79 Å². The number of hydrogen-bond acceptors (Lipinski definition) is 10. The minimum atomic E-state index is -0.897. The average Bonchev–Trinajstić information content (AvgIpc) is 3.33. The fourth-order valence-corrected chi connectivity index (χ4v) is 7.01. The first kappa shape index (κ1) is 34.9. The Balaban J connectivity index is 1.62.